The van der Waals surface area contributed by atoms with Crippen LogP contribution in [-0.2, 0) is 4.79 Å². The van der Waals surface area contributed by atoms with Crippen molar-refractivity contribution in [2.75, 3.05) is 0 Å². The molecule has 1 N–H and O–H groups in total. The Hall–Kier alpha value is -1.39. The van der Waals surface area contributed by atoms with Crippen LogP contribution < -0.4 is 5.32 Å². The minimum absolute atomic E-state index is 0.0449. The van der Waals surface area contributed by atoms with E-state index in [1.807, 2.05) is 20.8 Å². The predicted molar refractivity (Wildman–Crippen MR) is 66.4 cm³/mol. The summed E-state index contributed by atoms with van der Waals surface area (Å²) >= 11 is 0. The molecule has 96 valence electrons. The standard InChI is InChI=1S/C12H22N4O/c1-5-6-9(2)12(17)15-10(3)11(4)16-8-13-7-14-16/h7-11H,5-6H2,1-4H3,(H,15,17)/t9-,10-,11-/m0/s1. The van der Waals surface area contributed by atoms with Crippen LogP contribution in [0.2, 0.25) is 0 Å². The molecule has 1 aromatic heterocycles. The van der Waals surface area contributed by atoms with Crippen LogP contribution in [0.25, 0.3) is 0 Å². The monoisotopic (exact) mass is 238 g/mol. The Kier molecular flexibility index (Phi) is 5.12. The first-order valence-electron chi connectivity index (χ1n) is 6.20. The highest BCUT2D eigenvalue weighted by Crippen LogP contribution is 2.11. The van der Waals surface area contributed by atoms with Crippen molar-refractivity contribution in [3.63, 3.8) is 0 Å². The summed E-state index contributed by atoms with van der Waals surface area (Å²) in [6.45, 7) is 8.06. The number of hydrogen-bond donors (Lipinski definition) is 1. The normalized spacial score (nSPS) is 16.2. The largest absolute Gasteiger partial charge is 0.351 e. The molecule has 0 saturated heterocycles. The minimum Gasteiger partial charge on any atom is -0.351 e. The molecule has 1 aromatic rings. The van der Waals surface area contributed by atoms with Crippen LogP contribution in [0.3, 0.4) is 0 Å². The molecule has 1 rings (SSSR count). The molecular weight excluding hydrogens is 216 g/mol. The Bertz CT molecular complexity index is 336. The van der Waals surface area contributed by atoms with Gasteiger partial charge < -0.3 is 5.32 Å². The highest BCUT2D eigenvalue weighted by atomic mass is 16.1. The van der Waals surface area contributed by atoms with Crippen molar-refractivity contribution >= 4 is 5.91 Å². The van der Waals surface area contributed by atoms with Gasteiger partial charge in [-0.05, 0) is 20.3 Å². The van der Waals surface area contributed by atoms with Gasteiger partial charge in [0.2, 0.25) is 5.91 Å². The average Bonchev–Trinajstić information content (AvgIpc) is 2.81. The minimum atomic E-state index is 0.0449. The van der Waals surface area contributed by atoms with Gasteiger partial charge in [-0.2, -0.15) is 5.10 Å². The van der Waals surface area contributed by atoms with E-state index < -0.39 is 0 Å². The second-order valence-corrected chi connectivity index (χ2v) is 4.60. The van der Waals surface area contributed by atoms with Gasteiger partial charge in [0.1, 0.15) is 12.7 Å². The lowest BCUT2D eigenvalue weighted by molar-refractivity contribution is -0.125. The van der Waals surface area contributed by atoms with E-state index in [4.69, 9.17) is 0 Å². The van der Waals surface area contributed by atoms with E-state index in [0.717, 1.165) is 12.8 Å². The number of rotatable bonds is 6. The van der Waals surface area contributed by atoms with Gasteiger partial charge in [0.05, 0.1) is 6.04 Å². The van der Waals surface area contributed by atoms with E-state index in [1.54, 1.807) is 11.0 Å². The summed E-state index contributed by atoms with van der Waals surface area (Å²) in [7, 11) is 0. The van der Waals surface area contributed by atoms with E-state index in [-0.39, 0.29) is 23.9 Å². The zero-order chi connectivity index (χ0) is 12.8. The summed E-state index contributed by atoms with van der Waals surface area (Å²) in [5, 5.41) is 7.10. The van der Waals surface area contributed by atoms with Gasteiger partial charge in [-0.1, -0.05) is 20.3 Å². The number of hydrogen-bond acceptors (Lipinski definition) is 3. The van der Waals surface area contributed by atoms with E-state index in [9.17, 15) is 4.79 Å². The number of amides is 1. The molecule has 0 aromatic carbocycles. The maximum absolute atomic E-state index is 11.9. The van der Waals surface area contributed by atoms with Crippen molar-refractivity contribution in [2.45, 2.75) is 52.6 Å². The molecule has 0 aliphatic carbocycles. The molecule has 0 saturated carbocycles. The lowest BCUT2D eigenvalue weighted by Gasteiger charge is -2.23. The van der Waals surface area contributed by atoms with Crippen molar-refractivity contribution in [3.8, 4) is 0 Å². The summed E-state index contributed by atoms with van der Waals surface area (Å²) in [6, 6.07) is 0.152. The number of nitrogens with one attached hydrogen (secondary N) is 1. The fraction of sp³-hybridized carbons (Fsp3) is 0.750. The summed E-state index contributed by atoms with van der Waals surface area (Å²) in [5.41, 5.74) is 0. The molecule has 3 atom stereocenters. The van der Waals surface area contributed by atoms with Crippen LogP contribution in [0.4, 0.5) is 0 Å². The Balaban J connectivity index is 2.48. The molecule has 17 heavy (non-hydrogen) atoms. The molecule has 1 amide bonds. The van der Waals surface area contributed by atoms with Crippen LogP contribution in [0.5, 0.6) is 0 Å². The van der Waals surface area contributed by atoms with Gasteiger partial charge in [-0.25, -0.2) is 9.67 Å². The Labute approximate surface area is 103 Å². The first kappa shape index (κ1) is 13.7. The zero-order valence-electron chi connectivity index (χ0n) is 11.1. The molecule has 0 fully saturated rings. The number of carbonyl (C=O) groups excluding carboxylic acids is 1. The highest BCUT2D eigenvalue weighted by Gasteiger charge is 2.19. The Morgan fingerprint density at radius 1 is 1.41 bits per heavy atom. The molecule has 0 radical (unpaired) electrons. The lowest BCUT2D eigenvalue weighted by Crippen LogP contribution is -2.40. The number of aromatic nitrogens is 3. The summed E-state index contributed by atoms with van der Waals surface area (Å²) in [4.78, 5) is 15.8. The predicted octanol–water partition coefficient (Wildman–Crippen LogP) is 1.78. The quantitative estimate of drug-likeness (QED) is 0.821. The maximum Gasteiger partial charge on any atom is 0.223 e. The van der Waals surface area contributed by atoms with Crippen molar-refractivity contribution in [3.05, 3.63) is 12.7 Å². The Morgan fingerprint density at radius 2 is 2.12 bits per heavy atom. The molecule has 0 unspecified atom stereocenters. The van der Waals surface area contributed by atoms with Crippen molar-refractivity contribution in [2.24, 2.45) is 5.92 Å². The number of nitrogens with zero attached hydrogens (tertiary/aromatic N) is 3. The van der Waals surface area contributed by atoms with Gasteiger partial charge in [-0.15, -0.1) is 0 Å². The average molecular weight is 238 g/mol. The van der Waals surface area contributed by atoms with E-state index >= 15 is 0 Å². The van der Waals surface area contributed by atoms with Gasteiger partial charge in [0.25, 0.3) is 0 Å². The summed E-state index contributed by atoms with van der Waals surface area (Å²) in [5.74, 6) is 0.191. The van der Waals surface area contributed by atoms with Gasteiger partial charge >= 0.3 is 0 Å². The van der Waals surface area contributed by atoms with Crippen LogP contribution >= 0.6 is 0 Å². The second-order valence-electron chi connectivity index (χ2n) is 4.60. The third kappa shape index (κ3) is 3.84. The maximum atomic E-state index is 11.9. The first-order chi connectivity index (χ1) is 8.06. The third-order valence-corrected chi connectivity index (χ3v) is 3.12. The summed E-state index contributed by atoms with van der Waals surface area (Å²) in [6.07, 6.45) is 5.13. The van der Waals surface area contributed by atoms with Crippen molar-refractivity contribution < 1.29 is 4.79 Å². The van der Waals surface area contributed by atoms with Gasteiger partial charge in [0, 0.05) is 12.0 Å². The molecule has 0 aliphatic heterocycles. The fourth-order valence-corrected chi connectivity index (χ4v) is 1.71. The molecular formula is C12H22N4O. The number of carbonyl (C=O) groups is 1. The van der Waals surface area contributed by atoms with Crippen LogP contribution in [0.15, 0.2) is 12.7 Å². The fourth-order valence-electron chi connectivity index (χ4n) is 1.71. The van der Waals surface area contributed by atoms with Crippen molar-refractivity contribution in [1.82, 2.24) is 20.1 Å². The van der Waals surface area contributed by atoms with Gasteiger partial charge in [-0.3, -0.25) is 4.79 Å². The smallest absolute Gasteiger partial charge is 0.223 e. The lowest BCUT2D eigenvalue weighted by atomic mass is 10.0. The summed E-state index contributed by atoms with van der Waals surface area (Å²) < 4.78 is 1.76. The molecule has 1 heterocycles. The topological polar surface area (TPSA) is 59.8 Å². The highest BCUT2D eigenvalue weighted by molar-refractivity contribution is 5.78. The molecule has 5 nitrogen and oxygen atoms in total. The Morgan fingerprint density at radius 3 is 2.65 bits per heavy atom. The zero-order valence-corrected chi connectivity index (χ0v) is 11.1. The first-order valence-corrected chi connectivity index (χ1v) is 6.20. The van der Waals surface area contributed by atoms with Crippen LogP contribution in [-0.4, -0.2) is 26.7 Å². The van der Waals surface area contributed by atoms with Crippen LogP contribution in [0.1, 0.15) is 46.6 Å². The van der Waals surface area contributed by atoms with E-state index in [0.29, 0.717) is 0 Å². The molecule has 0 aliphatic rings. The third-order valence-electron chi connectivity index (χ3n) is 3.12. The SMILES string of the molecule is CCC[C@H](C)C(=O)N[C@@H](C)[C@H](C)n1cncn1. The van der Waals surface area contributed by atoms with Crippen LogP contribution in [0, 0.1) is 5.92 Å². The van der Waals surface area contributed by atoms with E-state index in [2.05, 4.69) is 22.3 Å². The van der Waals surface area contributed by atoms with E-state index in [1.165, 1.54) is 6.33 Å². The molecule has 5 heteroatoms. The molecule has 0 bridgehead atoms. The van der Waals surface area contributed by atoms with Crippen molar-refractivity contribution in [1.29, 1.82) is 0 Å². The second kappa shape index (κ2) is 6.37. The van der Waals surface area contributed by atoms with Gasteiger partial charge in [0.15, 0.2) is 0 Å². The molecule has 0 spiro atoms.